The molecule has 0 spiro atoms. The molecule has 8 nitrogen and oxygen atoms in total. The van der Waals surface area contributed by atoms with Gasteiger partial charge in [0, 0.05) is 12.6 Å². The highest BCUT2D eigenvalue weighted by Gasteiger charge is 2.43. The standard InChI is InChI=1S/C21H20F3N7O/c22-21(23,24)18-10-26-19(11-25-18)29-15-9-13-5-6-17(15)30(12-13)20(32)14-3-1-2-4-16(14)31-27-7-8-28-31/h1-4,7-8,10-11,13,15,17H,5-6,9,12H2,(H,26,29)/t13?,15?,17-/m1/s1. The van der Waals surface area contributed by atoms with Gasteiger partial charge in [0.05, 0.1) is 42.1 Å². The molecule has 1 aromatic carbocycles. The number of fused-ring (bicyclic) bond motifs is 3. The molecule has 32 heavy (non-hydrogen) atoms. The van der Waals surface area contributed by atoms with Crippen LogP contribution in [0.1, 0.15) is 35.3 Å². The number of rotatable bonds is 4. The Balaban J connectivity index is 1.37. The van der Waals surface area contributed by atoms with E-state index in [-0.39, 0.29) is 23.8 Å². The Hall–Kier alpha value is -3.50. The van der Waals surface area contributed by atoms with Crippen LogP contribution in [0.15, 0.2) is 49.1 Å². The summed E-state index contributed by atoms with van der Waals surface area (Å²) in [4.78, 5) is 24.2. The third kappa shape index (κ3) is 3.78. The van der Waals surface area contributed by atoms with Crippen molar-refractivity contribution in [1.82, 2.24) is 29.9 Å². The molecule has 2 aliphatic heterocycles. The smallest absolute Gasteiger partial charge is 0.364 e. The van der Waals surface area contributed by atoms with Crippen LogP contribution in [0.3, 0.4) is 0 Å². The Bertz CT molecular complexity index is 1100. The second-order valence-corrected chi connectivity index (χ2v) is 8.08. The van der Waals surface area contributed by atoms with Crippen LogP contribution in [0.4, 0.5) is 19.0 Å². The first-order valence-electron chi connectivity index (χ1n) is 10.3. The quantitative estimate of drug-likeness (QED) is 0.666. The van der Waals surface area contributed by atoms with Crippen LogP contribution in [0.2, 0.25) is 0 Å². The first kappa shape index (κ1) is 20.4. The van der Waals surface area contributed by atoms with Gasteiger partial charge in [0.1, 0.15) is 5.82 Å². The molecule has 1 amide bonds. The second-order valence-electron chi connectivity index (χ2n) is 8.08. The molecule has 3 aliphatic rings. The predicted octanol–water partition coefficient (Wildman–Crippen LogP) is 3.18. The number of nitrogens with zero attached hydrogens (tertiary/aromatic N) is 6. The van der Waals surface area contributed by atoms with E-state index < -0.39 is 11.9 Å². The minimum atomic E-state index is -4.53. The molecule has 11 heteroatoms. The zero-order valence-corrected chi connectivity index (χ0v) is 16.9. The van der Waals surface area contributed by atoms with Crippen molar-refractivity contribution in [2.24, 2.45) is 5.92 Å². The van der Waals surface area contributed by atoms with Gasteiger partial charge in [-0.05, 0) is 37.3 Å². The Morgan fingerprint density at radius 2 is 1.84 bits per heavy atom. The summed E-state index contributed by atoms with van der Waals surface area (Å²) in [5.41, 5.74) is 0.0697. The maximum absolute atomic E-state index is 13.5. The number of amides is 1. The van der Waals surface area contributed by atoms with Crippen molar-refractivity contribution in [1.29, 1.82) is 0 Å². The zero-order chi connectivity index (χ0) is 22.3. The van der Waals surface area contributed by atoms with E-state index >= 15 is 0 Å². The van der Waals surface area contributed by atoms with E-state index in [1.807, 2.05) is 11.0 Å². The summed E-state index contributed by atoms with van der Waals surface area (Å²) >= 11 is 0. The Kier molecular flexibility index (Phi) is 5.03. The molecule has 1 N–H and O–H groups in total. The molecule has 2 bridgehead atoms. The molecule has 1 aliphatic carbocycles. The Labute approximate surface area is 181 Å². The number of para-hydroxylation sites is 1. The van der Waals surface area contributed by atoms with E-state index in [0.29, 0.717) is 23.7 Å². The zero-order valence-electron chi connectivity index (χ0n) is 16.9. The van der Waals surface area contributed by atoms with Gasteiger partial charge in [0.15, 0.2) is 5.69 Å². The summed E-state index contributed by atoms with van der Waals surface area (Å²) in [7, 11) is 0. The normalized spacial score (nSPS) is 22.7. The highest BCUT2D eigenvalue weighted by atomic mass is 19.4. The summed E-state index contributed by atoms with van der Waals surface area (Å²) in [6.07, 6.45) is 3.02. The van der Waals surface area contributed by atoms with E-state index in [4.69, 9.17) is 0 Å². The maximum atomic E-state index is 13.5. The number of alkyl halides is 3. The number of carbonyl (C=O) groups excluding carboxylic acids is 1. The minimum absolute atomic E-state index is 0.102. The van der Waals surface area contributed by atoms with Gasteiger partial charge in [0.25, 0.3) is 5.91 Å². The summed E-state index contributed by atoms with van der Waals surface area (Å²) in [5, 5.41) is 11.5. The lowest BCUT2D eigenvalue weighted by Crippen LogP contribution is -2.59. The lowest BCUT2D eigenvalue weighted by Gasteiger charge is -2.50. The van der Waals surface area contributed by atoms with Crippen molar-refractivity contribution in [3.63, 3.8) is 0 Å². The lowest BCUT2D eigenvalue weighted by molar-refractivity contribution is -0.141. The number of piperidine rings is 2. The van der Waals surface area contributed by atoms with Gasteiger partial charge in [-0.15, -0.1) is 0 Å². The molecule has 2 saturated heterocycles. The van der Waals surface area contributed by atoms with Gasteiger partial charge in [-0.25, -0.2) is 9.97 Å². The van der Waals surface area contributed by atoms with Gasteiger partial charge in [-0.3, -0.25) is 4.79 Å². The van der Waals surface area contributed by atoms with Crippen molar-refractivity contribution in [2.45, 2.75) is 37.5 Å². The number of halogens is 3. The topological polar surface area (TPSA) is 88.8 Å². The van der Waals surface area contributed by atoms with Crippen LogP contribution in [-0.2, 0) is 6.18 Å². The molecule has 2 aromatic heterocycles. The van der Waals surface area contributed by atoms with Crippen LogP contribution in [0.5, 0.6) is 0 Å². The highest BCUT2D eigenvalue weighted by molar-refractivity contribution is 5.98. The fourth-order valence-corrected chi connectivity index (χ4v) is 4.65. The summed E-state index contributed by atoms with van der Waals surface area (Å²) in [5.74, 6) is 0.459. The number of hydrogen-bond donors (Lipinski definition) is 1. The van der Waals surface area contributed by atoms with Crippen molar-refractivity contribution < 1.29 is 18.0 Å². The summed E-state index contributed by atoms with van der Waals surface area (Å²) < 4.78 is 38.3. The molecule has 3 atom stereocenters. The molecule has 3 aromatic rings. The van der Waals surface area contributed by atoms with Gasteiger partial charge < -0.3 is 10.2 Å². The fraction of sp³-hybridized carbons (Fsp3) is 0.381. The molecule has 166 valence electrons. The molecule has 3 fully saturated rings. The number of nitrogens with one attached hydrogen (secondary N) is 1. The molecular formula is C21H20F3N7O. The monoisotopic (exact) mass is 443 g/mol. The van der Waals surface area contributed by atoms with Gasteiger partial charge >= 0.3 is 6.18 Å². The molecule has 6 rings (SSSR count). The fourth-order valence-electron chi connectivity index (χ4n) is 4.65. The average molecular weight is 443 g/mol. The first-order chi connectivity index (χ1) is 15.4. The third-order valence-electron chi connectivity index (χ3n) is 6.08. The summed E-state index contributed by atoms with van der Waals surface area (Å²) in [6, 6.07) is 6.96. The Morgan fingerprint density at radius 1 is 1.06 bits per heavy atom. The Morgan fingerprint density at radius 3 is 2.53 bits per heavy atom. The molecule has 4 heterocycles. The minimum Gasteiger partial charge on any atom is -0.364 e. The maximum Gasteiger partial charge on any atom is 0.434 e. The van der Waals surface area contributed by atoms with Crippen LogP contribution < -0.4 is 5.32 Å². The van der Waals surface area contributed by atoms with Crippen LogP contribution in [0, 0.1) is 5.92 Å². The highest BCUT2D eigenvalue weighted by Crippen LogP contribution is 2.38. The van der Waals surface area contributed by atoms with E-state index in [1.54, 1.807) is 30.6 Å². The third-order valence-corrected chi connectivity index (χ3v) is 6.08. The van der Waals surface area contributed by atoms with Crippen LogP contribution >= 0.6 is 0 Å². The van der Waals surface area contributed by atoms with Gasteiger partial charge in [-0.2, -0.15) is 28.2 Å². The number of benzene rings is 1. The van der Waals surface area contributed by atoms with E-state index in [9.17, 15) is 18.0 Å². The largest absolute Gasteiger partial charge is 0.434 e. The number of aromatic nitrogens is 5. The van der Waals surface area contributed by atoms with E-state index in [0.717, 1.165) is 31.7 Å². The number of carbonyl (C=O) groups is 1. The number of anilines is 1. The SMILES string of the molecule is O=C(c1ccccc1-n1nccn1)N1CC2CC[C@@H]1C(Nc1cnc(C(F)(F)F)cn1)C2. The molecule has 0 radical (unpaired) electrons. The van der Waals surface area contributed by atoms with Gasteiger partial charge in [0.2, 0.25) is 0 Å². The van der Waals surface area contributed by atoms with E-state index in [2.05, 4.69) is 25.5 Å². The average Bonchev–Trinajstić information content (AvgIpc) is 3.33. The van der Waals surface area contributed by atoms with Crippen LogP contribution in [-0.4, -0.2) is 54.4 Å². The van der Waals surface area contributed by atoms with Crippen molar-refractivity contribution in [3.8, 4) is 5.69 Å². The molecule has 1 saturated carbocycles. The summed E-state index contributed by atoms with van der Waals surface area (Å²) in [6.45, 7) is 0.640. The predicted molar refractivity (Wildman–Crippen MR) is 108 cm³/mol. The van der Waals surface area contributed by atoms with Crippen LogP contribution in [0.25, 0.3) is 5.69 Å². The van der Waals surface area contributed by atoms with Crippen molar-refractivity contribution in [3.05, 3.63) is 60.3 Å². The van der Waals surface area contributed by atoms with Crippen molar-refractivity contribution in [2.75, 3.05) is 11.9 Å². The lowest BCUT2D eigenvalue weighted by atomic mass is 9.76. The second kappa shape index (κ2) is 7.88. The first-order valence-corrected chi connectivity index (χ1v) is 10.3. The molecule has 2 unspecified atom stereocenters. The van der Waals surface area contributed by atoms with Crippen molar-refractivity contribution >= 4 is 11.7 Å². The molecular weight excluding hydrogens is 423 g/mol. The van der Waals surface area contributed by atoms with Gasteiger partial charge in [-0.1, -0.05) is 12.1 Å². The number of hydrogen-bond acceptors (Lipinski definition) is 6. The van der Waals surface area contributed by atoms with E-state index in [1.165, 1.54) is 4.80 Å².